The molecule has 146 valence electrons. The smallest absolute Gasteiger partial charge is 0.317 e. The Morgan fingerprint density at radius 1 is 1.22 bits per heavy atom. The molecule has 0 radical (unpaired) electrons. The molecule has 0 saturated carbocycles. The second-order valence-corrected chi connectivity index (χ2v) is 7.65. The van der Waals surface area contributed by atoms with Gasteiger partial charge in [-0.1, -0.05) is 12.1 Å². The molecule has 0 unspecified atom stereocenters. The van der Waals surface area contributed by atoms with E-state index in [1.54, 1.807) is 18.4 Å². The van der Waals surface area contributed by atoms with Crippen LogP contribution in [0, 0.1) is 0 Å². The van der Waals surface area contributed by atoms with Gasteiger partial charge in [0.05, 0.1) is 18.8 Å². The highest BCUT2D eigenvalue weighted by Crippen LogP contribution is 2.28. The lowest BCUT2D eigenvalue weighted by atomic mass is 10.1. The molecule has 1 N–H and O–H groups in total. The number of benzene rings is 1. The fraction of sp³-hybridized carbons (Fsp3) is 0.450. The Morgan fingerprint density at radius 2 is 1.96 bits per heavy atom. The fourth-order valence-corrected chi connectivity index (χ4v) is 4.11. The number of piperazine rings is 1. The third-order valence-corrected chi connectivity index (χ3v) is 5.69. The molecule has 1 saturated heterocycles. The molecule has 1 atom stereocenters. The van der Waals surface area contributed by atoms with Gasteiger partial charge in [-0.05, 0) is 48.6 Å². The molecule has 0 aliphatic carbocycles. The van der Waals surface area contributed by atoms with Gasteiger partial charge in [0.1, 0.15) is 5.75 Å². The minimum Gasteiger partial charge on any atom is -0.495 e. The molecule has 1 aromatic carbocycles. The van der Waals surface area contributed by atoms with E-state index in [2.05, 4.69) is 38.0 Å². The number of anilines is 1. The summed E-state index contributed by atoms with van der Waals surface area (Å²) in [7, 11) is 5.78. The summed E-state index contributed by atoms with van der Waals surface area (Å²) in [6, 6.07) is 10.3. The van der Waals surface area contributed by atoms with Crippen LogP contribution in [0.4, 0.5) is 10.5 Å². The van der Waals surface area contributed by atoms with E-state index in [1.165, 1.54) is 5.56 Å². The van der Waals surface area contributed by atoms with E-state index in [9.17, 15) is 4.79 Å². The van der Waals surface area contributed by atoms with Crippen LogP contribution in [-0.2, 0) is 0 Å². The summed E-state index contributed by atoms with van der Waals surface area (Å²) in [5.74, 6) is 0.875. The largest absolute Gasteiger partial charge is 0.495 e. The van der Waals surface area contributed by atoms with Gasteiger partial charge in [0.2, 0.25) is 0 Å². The third kappa shape index (κ3) is 4.73. The average molecular weight is 389 g/mol. The van der Waals surface area contributed by atoms with Crippen molar-refractivity contribution >= 4 is 23.1 Å². The van der Waals surface area contributed by atoms with Gasteiger partial charge in [-0.3, -0.25) is 0 Å². The summed E-state index contributed by atoms with van der Waals surface area (Å²) in [5.41, 5.74) is 2.33. The highest BCUT2D eigenvalue weighted by molar-refractivity contribution is 7.07. The minimum atomic E-state index is 0.0109. The van der Waals surface area contributed by atoms with Gasteiger partial charge in [0, 0.05) is 32.7 Å². The van der Waals surface area contributed by atoms with E-state index < -0.39 is 0 Å². The first kappa shape index (κ1) is 19.5. The second-order valence-electron chi connectivity index (χ2n) is 6.87. The van der Waals surface area contributed by atoms with Gasteiger partial charge in [0.25, 0.3) is 0 Å². The molecule has 27 heavy (non-hydrogen) atoms. The zero-order valence-corrected chi connectivity index (χ0v) is 17.0. The maximum Gasteiger partial charge on any atom is 0.317 e. The minimum absolute atomic E-state index is 0.0109. The molecule has 3 rings (SSSR count). The quantitative estimate of drug-likeness (QED) is 0.827. The first-order valence-corrected chi connectivity index (χ1v) is 10.1. The van der Waals surface area contributed by atoms with Gasteiger partial charge in [0.15, 0.2) is 0 Å². The molecule has 0 bridgehead atoms. The van der Waals surface area contributed by atoms with Gasteiger partial charge in [-0.15, -0.1) is 0 Å². The van der Waals surface area contributed by atoms with Crippen molar-refractivity contribution in [3.63, 3.8) is 0 Å². The highest BCUT2D eigenvalue weighted by atomic mass is 32.1. The van der Waals surface area contributed by atoms with Crippen LogP contribution >= 0.6 is 11.3 Å². The predicted molar refractivity (Wildman–Crippen MR) is 111 cm³/mol. The number of urea groups is 1. The third-order valence-electron chi connectivity index (χ3n) is 4.99. The van der Waals surface area contributed by atoms with Crippen LogP contribution in [0.2, 0.25) is 0 Å². The van der Waals surface area contributed by atoms with E-state index in [1.807, 2.05) is 37.2 Å². The lowest BCUT2D eigenvalue weighted by Crippen LogP contribution is -2.52. The number of carbonyl (C=O) groups excluding carboxylic acids is 1. The number of nitrogens with one attached hydrogen (secondary N) is 1. The van der Waals surface area contributed by atoms with Crippen LogP contribution < -0.4 is 15.0 Å². The number of ether oxygens (including phenoxy) is 1. The van der Waals surface area contributed by atoms with Crippen molar-refractivity contribution in [2.45, 2.75) is 6.04 Å². The number of hydrogen-bond donors (Lipinski definition) is 1. The van der Waals surface area contributed by atoms with Crippen LogP contribution in [-0.4, -0.2) is 69.8 Å². The Balaban J connectivity index is 1.52. The lowest BCUT2D eigenvalue weighted by molar-refractivity contribution is 0.189. The summed E-state index contributed by atoms with van der Waals surface area (Å²) in [4.78, 5) is 18.9. The van der Waals surface area contributed by atoms with Crippen LogP contribution in [0.3, 0.4) is 0 Å². The molecular formula is C20H28N4O2S. The zero-order valence-electron chi connectivity index (χ0n) is 16.2. The number of carbonyl (C=O) groups is 1. The summed E-state index contributed by atoms with van der Waals surface area (Å²) in [6.45, 7) is 3.62. The Morgan fingerprint density at radius 3 is 2.59 bits per heavy atom. The normalized spacial score (nSPS) is 15.7. The summed E-state index contributed by atoms with van der Waals surface area (Å²) >= 11 is 1.68. The number of likely N-dealkylation sites (N-methyl/N-ethyl adjacent to an activating group) is 1. The fourth-order valence-electron chi connectivity index (χ4n) is 3.40. The molecule has 2 aromatic rings. The predicted octanol–water partition coefficient (Wildman–Crippen LogP) is 2.89. The van der Waals surface area contributed by atoms with E-state index in [4.69, 9.17) is 4.74 Å². The molecule has 0 spiro atoms. The average Bonchev–Trinajstić information content (AvgIpc) is 3.22. The monoisotopic (exact) mass is 388 g/mol. The molecule has 7 heteroatoms. The molecule has 1 fully saturated rings. The Labute approximate surface area is 165 Å². The number of hydrogen-bond acceptors (Lipinski definition) is 5. The van der Waals surface area contributed by atoms with Crippen LogP contribution in [0.25, 0.3) is 0 Å². The Bertz CT molecular complexity index is 727. The molecule has 6 nitrogen and oxygen atoms in total. The van der Waals surface area contributed by atoms with Crippen molar-refractivity contribution in [2.24, 2.45) is 0 Å². The highest BCUT2D eigenvalue weighted by Gasteiger charge is 2.24. The molecule has 1 aliphatic rings. The number of thiophene rings is 1. The van der Waals surface area contributed by atoms with Crippen molar-refractivity contribution in [3.05, 3.63) is 46.7 Å². The molecular weight excluding hydrogens is 360 g/mol. The van der Waals surface area contributed by atoms with E-state index in [0.717, 1.165) is 24.5 Å². The molecule has 1 aromatic heterocycles. The van der Waals surface area contributed by atoms with E-state index in [-0.39, 0.29) is 12.1 Å². The van der Waals surface area contributed by atoms with Crippen LogP contribution in [0.15, 0.2) is 41.1 Å². The summed E-state index contributed by atoms with van der Waals surface area (Å²) in [5, 5.41) is 7.32. The SMILES string of the molecule is COc1ccccc1N1CCN(C(=O)NC[C@H](c2ccsc2)N(C)C)CC1. The standard InChI is InChI=1S/C20H28N4O2S/c1-22(2)18(16-8-13-27-15-16)14-21-20(25)24-11-9-23(10-12-24)17-6-4-5-7-19(17)26-3/h4-8,13,15,18H,9-12,14H2,1-3H3,(H,21,25)/t18-/m1/s1. The van der Waals surface area contributed by atoms with E-state index >= 15 is 0 Å². The van der Waals surface area contributed by atoms with Gasteiger partial charge >= 0.3 is 6.03 Å². The van der Waals surface area contributed by atoms with Crippen molar-refractivity contribution in [1.82, 2.24) is 15.1 Å². The topological polar surface area (TPSA) is 48.1 Å². The van der Waals surface area contributed by atoms with Gasteiger partial charge in [-0.2, -0.15) is 11.3 Å². The Kier molecular flexibility index (Phi) is 6.58. The lowest BCUT2D eigenvalue weighted by Gasteiger charge is -2.37. The van der Waals surface area contributed by atoms with Crippen molar-refractivity contribution in [1.29, 1.82) is 0 Å². The number of para-hydroxylation sites is 2. The van der Waals surface area contributed by atoms with Gasteiger partial charge in [-0.25, -0.2) is 4.79 Å². The maximum atomic E-state index is 12.6. The summed E-state index contributed by atoms with van der Waals surface area (Å²) in [6.07, 6.45) is 0. The second kappa shape index (κ2) is 9.10. The van der Waals surface area contributed by atoms with Crippen molar-refractivity contribution < 1.29 is 9.53 Å². The maximum absolute atomic E-state index is 12.6. The van der Waals surface area contributed by atoms with Gasteiger partial charge < -0.3 is 24.8 Å². The molecule has 2 amide bonds. The van der Waals surface area contributed by atoms with Crippen LogP contribution in [0.5, 0.6) is 5.75 Å². The first-order chi connectivity index (χ1) is 13.1. The van der Waals surface area contributed by atoms with E-state index in [0.29, 0.717) is 19.6 Å². The number of rotatable bonds is 6. The number of amides is 2. The van der Waals surface area contributed by atoms with Crippen molar-refractivity contribution in [2.75, 3.05) is 58.8 Å². The number of nitrogens with zero attached hydrogens (tertiary/aromatic N) is 3. The zero-order chi connectivity index (χ0) is 19.2. The Hall–Kier alpha value is -2.25. The summed E-state index contributed by atoms with van der Waals surface area (Å²) < 4.78 is 5.46. The number of methoxy groups -OCH3 is 1. The first-order valence-electron chi connectivity index (χ1n) is 9.19. The molecule has 1 aliphatic heterocycles. The van der Waals surface area contributed by atoms with Crippen LogP contribution in [0.1, 0.15) is 11.6 Å². The molecule has 2 heterocycles. The van der Waals surface area contributed by atoms with Crippen molar-refractivity contribution in [3.8, 4) is 5.75 Å².